The van der Waals surface area contributed by atoms with Gasteiger partial charge in [0.2, 0.25) is 0 Å². The van der Waals surface area contributed by atoms with Gasteiger partial charge < -0.3 is 14.2 Å². The van der Waals surface area contributed by atoms with Gasteiger partial charge in [0.1, 0.15) is 5.75 Å². The SMILES string of the molecule is COc1cc(CCCOS(C)(=O)=O)c(OC)c(OC)c1C(C)C. The van der Waals surface area contributed by atoms with Crippen LogP contribution in [0, 0.1) is 0 Å². The highest BCUT2D eigenvalue weighted by atomic mass is 32.2. The van der Waals surface area contributed by atoms with E-state index in [0.29, 0.717) is 24.3 Å². The quantitative estimate of drug-likeness (QED) is 0.506. The molecule has 7 heteroatoms. The Kier molecular flexibility index (Phi) is 7.15. The zero-order valence-electron chi connectivity index (χ0n) is 14.6. The fraction of sp³-hybridized carbons (Fsp3) is 0.625. The van der Waals surface area contributed by atoms with Crippen LogP contribution in [0.4, 0.5) is 0 Å². The lowest BCUT2D eigenvalue weighted by atomic mass is 9.96. The van der Waals surface area contributed by atoms with Gasteiger partial charge in [0, 0.05) is 11.1 Å². The fourth-order valence-electron chi connectivity index (χ4n) is 2.48. The van der Waals surface area contributed by atoms with Crippen molar-refractivity contribution in [2.45, 2.75) is 32.6 Å². The molecule has 0 radical (unpaired) electrons. The number of ether oxygens (including phenoxy) is 3. The summed E-state index contributed by atoms with van der Waals surface area (Å²) in [6, 6.07) is 1.91. The van der Waals surface area contributed by atoms with Crippen LogP contribution in [0.15, 0.2) is 6.07 Å². The van der Waals surface area contributed by atoms with Gasteiger partial charge in [-0.25, -0.2) is 0 Å². The molecule has 0 fully saturated rings. The molecule has 1 aromatic rings. The van der Waals surface area contributed by atoms with Crippen molar-refractivity contribution in [2.24, 2.45) is 0 Å². The van der Waals surface area contributed by atoms with Crippen molar-refractivity contribution in [1.82, 2.24) is 0 Å². The zero-order chi connectivity index (χ0) is 17.6. The number of hydrogen-bond donors (Lipinski definition) is 0. The van der Waals surface area contributed by atoms with Crippen LogP contribution in [-0.4, -0.2) is 42.6 Å². The Hall–Kier alpha value is -1.47. The van der Waals surface area contributed by atoms with Gasteiger partial charge in [-0.3, -0.25) is 4.18 Å². The smallest absolute Gasteiger partial charge is 0.264 e. The molecule has 1 rings (SSSR count). The Morgan fingerprint density at radius 2 is 1.65 bits per heavy atom. The highest BCUT2D eigenvalue weighted by Gasteiger charge is 2.22. The molecule has 0 spiro atoms. The average Bonchev–Trinajstić information content (AvgIpc) is 2.48. The second-order valence-corrected chi connectivity index (χ2v) is 7.15. The molecule has 0 aliphatic carbocycles. The third-order valence-electron chi connectivity index (χ3n) is 3.41. The molecule has 6 nitrogen and oxygen atoms in total. The Bertz CT molecular complexity index is 622. The van der Waals surface area contributed by atoms with Crippen molar-refractivity contribution >= 4 is 10.1 Å². The van der Waals surface area contributed by atoms with Crippen LogP contribution in [0.2, 0.25) is 0 Å². The molecule has 0 unspecified atom stereocenters. The molecule has 0 aromatic heterocycles. The van der Waals surface area contributed by atoms with E-state index < -0.39 is 10.1 Å². The summed E-state index contributed by atoms with van der Waals surface area (Å²) in [5.41, 5.74) is 1.84. The lowest BCUT2D eigenvalue weighted by Crippen LogP contribution is -2.07. The van der Waals surface area contributed by atoms with Crippen LogP contribution in [0.3, 0.4) is 0 Å². The first-order chi connectivity index (χ1) is 10.7. The predicted octanol–water partition coefficient (Wildman–Crippen LogP) is 2.74. The Labute approximate surface area is 138 Å². The van der Waals surface area contributed by atoms with E-state index in [1.165, 1.54) is 0 Å². The van der Waals surface area contributed by atoms with Crippen molar-refractivity contribution in [3.63, 3.8) is 0 Å². The van der Waals surface area contributed by atoms with Gasteiger partial charge >= 0.3 is 0 Å². The molecule has 1 aromatic carbocycles. The van der Waals surface area contributed by atoms with E-state index in [0.717, 1.165) is 23.1 Å². The summed E-state index contributed by atoms with van der Waals surface area (Å²) in [7, 11) is 1.38. The van der Waals surface area contributed by atoms with E-state index in [4.69, 9.17) is 18.4 Å². The summed E-state index contributed by atoms with van der Waals surface area (Å²) < 4.78 is 43.3. The first-order valence-corrected chi connectivity index (χ1v) is 9.22. The molecule has 0 aliphatic heterocycles. The predicted molar refractivity (Wildman–Crippen MR) is 89.3 cm³/mol. The van der Waals surface area contributed by atoms with Crippen LogP contribution >= 0.6 is 0 Å². The number of benzene rings is 1. The van der Waals surface area contributed by atoms with Crippen molar-refractivity contribution in [3.05, 3.63) is 17.2 Å². The van der Waals surface area contributed by atoms with Gasteiger partial charge in [0.05, 0.1) is 34.2 Å². The summed E-state index contributed by atoms with van der Waals surface area (Å²) in [4.78, 5) is 0. The van der Waals surface area contributed by atoms with E-state index in [2.05, 4.69) is 13.8 Å². The molecule has 23 heavy (non-hydrogen) atoms. The highest BCUT2D eigenvalue weighted by Crippen LogP contribution is 2.44. The molecule has 0 atom stereocenters. The van der Waals surface area contributed by atoms with E-state index in [-0.39, 0.29) is 12.5 Å². The molecular weight excluding hydrogens is 320 g/mol. The van der Waals surface area contributed by atoms with Crippen LogP contribution in [0.5, 0.6) is 17.2 Å². The summed E-state index contributed by atoms with van der Waals surface area (Å²) in [6.07, 6.45) is 2.16. The van der Waals surface area contributed by atoms with Gasteiger partial charge in [0.15, 0.2) is 11.5 Å². The normalized spacial score (nSPS) is 11.6. The average molecular weight is 346 g/mol. The van der Waals surface area contributed by atoms with Crippen molar-refractivity contribution in [3.8, 4) is 17.2 Å². The number of methoxy groups -OCH3 is 3. The monoisotopic (exact) mass is 346 g/mol. The van der Waals surface area contributed by atoms with Crippen LogP contribution in [-0.2, 0) is 20.7 Å². The number of aryl methyl sites for hydroxylation is 1. The first-order valence-electron chi connectivity index (χ1n) is 7.41. The van der Waals surface area contributed by atoms with Crippen molar-refractivity contribution < 1.29 is 26.8 Å². The molecule has 0 saturated heterocycles. The molecule has 132 valence electrons. The topological polar surface area (TPSA) is 71.1 Å². The van der Waals surface area contributed by atoms with Gasteiger partial charge in [-0.2, -0.15) is 8.42 Å². The zero-order valence-corrected chi connectivity index (χ0v) is 15.5. The van der Waals surface area contributed by atoms with E-state index in [1.54, 1.807) is 21.3 Å². The lowest BCUT2D eigenvalue weighted by Gasteiger charge is -2.21. The summed E-state index contributed by atoms with van der Waals surface area (Å²) in [6.45, 7) is 4.23. The molecule has 0 heterocycles. The summed E-state index contributed by atoms with van der Waals surface area (Å²) in [5.74, 6) is 2.24. The van der Waals surface area contributed by atoms with Gasteiger partial charge in [-0.05, 0) is 24.8 Å². The third kappa shape index (κ3) is 5.28. The second kappa shape index (κ2) is 8.40. The van der Waals surface area contributed by atoms with Crippen LogP contribution < -0.4 is 14.2 Å². The molecular formula is C16H26O6S. The molecule has 0 N–H and O–H groups in total. The maximum Gasteiger partial charge on any atom is 0.264 e. The molecule has 0 aliphatic rings. The maximum absolute atomic E-state index is 11.0. The first kappa shape index (κ1) is 19.6. The highest BCUT2D eigenvalue weighted by molar-refractivity contribution is 7.85. The Morgan fingerprint density at radius 1 is 1.04 bits per heavy atom. The summed E-state index contributed by atoms with van der Waals surface area (Å²) in [5, 5.41) is 0. The van der Waals surface area contributed by atoms with Crippen molar-refractivity contribution in [1.29, 1.82) is 0 Å². The second-order valence-electron chi connectivity index (χ2n) is 5.50. The third-order valence-corrected chi connectivity index (χ3v) is 4.00. The Morgan fingerprint density at radius 3 is 2.09 bits per heavy atom. The molecule has 0 bridgehead atoms. The largest absolute Gasteiger partial charge is 0.496 e. The standard InChI is InChI=1S/C16H26O6S/c1-11(2)14-13(19-3)10-12(15(20-4)16(14)21-5)8-7-9-22-23(6,17)18/h10-11H,7-9H2,1-6H3. The number of rotatable bonds is 9. The fourth-order valence-corrected chi connectivity index (χ4v) is 2.90. The minimum atomic E-state index is -3.42. The Balaban J connectivity index is 3.12. The number of hydrogen-bond acceptors (Lipinski definition) is 6. The molecule has 0 amide bonds. The summed E-state index contributed by atoms with van der Waals surface area (Å²) >= 11 is 0. The van der Waals surface area contributed by atoms with E-state index in [1.807, 2.05) is 6.07 Å². The van der Waals surface area contributed by atoms with Gasteiger partial charge in [0.25, 0.3) is 10.1 Å². The van der Waals surface area contributed by atoms with E-state index >= 15 is 0 Å². The maximum atomic E-state index is 11.0. The minimum absolute atomic E-state index is 0.124. The van der Waals surface area contributed by atoms with Crippen LogP contribution in [0.1, 0.15) is 37.3 Å². The minimum Gasteiger partial charge on any atom is -0.496 e. The van der Waals surface area contributed by atoms with E-state index in [9.17, 15) is 8.42 Å². The van der Waals surface area contributed by atoms with Gasteiger partial charge in [-0.15, -0.1) is 0 Å². The molecule has 0 saturated carbocycles. The van der Waals surface area contributed by atoms with Gasteiger partial charge in [-0.1, -0.05) is 13.8 Å². The lowest BCUT2D eigenvalue weighted by molar-refractivity contribution is 0.312. The van der Waals surface area contributed by atoms with Crippen molar-refractivity contribution in [2.75, 3.05) is 34.2 Å². The van der Waals surface area contributed by atoms with Crippen LogP contribution in [0.25, 0.3) is 0 Å².